The molecule has 10 heterocycles. The Morgan fingerprint density at radius 1 is 0.750 bits per heavy atom. The molecule has 6 aromatic rings. The third kappa shape index (κ3) is 7.65. The third-order valence-corrected chi connectivity index (χ3v) is 14.4. The number of aromatic amines is 1. The van der Waals surface area contributed by atoms with Gasteiger partial charge in [-0.05, 0) is 42.3 Å². The quantitative estimate of drug-likeness (QED) is 0.156. The summed E-state index contributed by atoms with van der Waals surface area (Å²) in [6.07, 6.45) is -7.36. The van der Waals surface area contributed by atoms with Crippen molar-refractivity contribution in [3.63, 3.8) is 0 Å². The van der Waals surface area contributed by atoms with Crippen LogP contribution in [0.25, 0.3) is 31.3 Å². The zero-order chi connectivity index (χ0) is 41.6. The number of nitrogens with one attached hydrogen (secondary N) is 1. The first-order valence-corrected chi connectivity index (χ1v) is 21.4. The molecule has 1 aromatic carbocycles. The van der Waals surface area contributed by atoms with Crippen molar-refractivity contribution in [1.82, 2.24) is 34.7 Å². The minimum atomic E-state index is -4.23. The van der Waals surface area contributed by atoms with Gasteiger partial charge in [0.1, 0.15) is 45.7 Å². The predicted molar refractivity (Wildman–Crippen MR) is 217 cm³/mol. The standard InChI is InChI=1S/C24H21F3N6S.C17H19F3N4OS/c1-14-15(2-3-20-18(14)4-16(7-28)31-20)8-32-9-23(10-32)11-33(12-23)21-19-5-17(6-24(25,26)27)34-22(19)30-13-29-21;18-17(19,20)2-12-1-13-14(21-10-22-15(13)26-12)24-8-16(9-24)6-23(7-16)3-11-4-25-5-11/h2-5,13,31H,6,8-12H2,1H3;1,10-11H,2-9H2. The van der Waals surface area contributed by atoms with Crippen LogP contribution < -0.4 is 9.80 Å². The van der Waals surface area contributed by atoms with Crippen molar-refractivity contribution in [2.45, 2.75) is 38.7 Å². The minimum Gasteiger partial charge on any atom is -0.381 e. The van der Waals surface area contributed by atoms with E-state index in [1.807, 2.05) is 12.1 Å². The normalized spacial score (nSPS) is 20.1. The van der Waals surface area contributed by atoms with Crippen LogP contribution >= 0.6 is 22.7 Å². The summed E-state index contributed by atoms with van der Waals surface area (Å²) in [7, 11) is 0. The Hall–Kier alpha value is -4.61. The smallest absolute Gasteiger partial charge is 0.381 e. The van der Waals surface area contributed by atoms with Crippen LogP contribution in [0.2, 0.25) is 0 Å². The fourth-order valence-corrected chi connectivity index (χ4v) is 11.8. The number of nitriles is 1. The van der Waals surface area contributed by atoms with Crippen molar-refractivity contribution in [2.75, 3.05) is 81.9 Å². The van der Waals surface area contributed by atoms with Crippen LogP contribution in [0.15, 0.2) is 43.0 Å². The summed E-state index contributed by atoms with van der Waals surface area (Å²) in [5, 5.41) is 11.7. The number of aryl methyl sites for hydroxylation is 1. The van der Waals surface area contributed by atoms with Gasteiger partial charge in [0.25, 0.3) is 0 Å². The van der Waals surface area contributed by atoms with Gasteiger partial charge in [0.05, 0.1) is 36.8 Å². The van der Waals surface area contributed by atoms with Gasteiger partial charge in [-0.25, -0.2) is 19.9 Å². The average molecular weight is 867 g/mol. The third-order valence-electron chi connectivity index (χ3n) is 12.3. The molecule has 0 unspecified atom stereocenters. The summed E-state index contributed by atoms with van der Waals surface area (Å²) in [4.78, 5) is 31.3. The van der Waals surface area contributed by atoms with Crippen molar-refractivity contribution >= 4 is 65.6 Å². The van der Waals surface area contributed by atoms with E-state index in [-0.39, 0.29) is 10.3 Å². The minimum absolute atomic E-state index is 0.210. The predicted octanol–water partition coefficient (Wildman–Crippen LogP) is 7.34. The summed E-state index contributed by atoms with van der Waals surface area (Å²) >= 11 is 2.20. The molecule has 5 aromatic heterocycles. The highest BCUT2D eigenvalue weighted by Gasteiger charge is 2.53. The maximum absolute atomic E-state index is 12.8. The molecule has 0 bridgehead atoms. The summed E-state index contributed by atoms with van der Waals surface area (Å²) < 4.78 is 81.7. The van der Waals surface area contributed by atoms with Crippen LogP contribution in [0.5, 0.6) is 0 Å². The molecule has 0 saturated carbocycles. The van der Waals surface area contributed by atoms with Crippen LogP contribution in [-0.4, -0.2) is 119 Å². The van der Waals surface area contributed by atoms with E-state index in [0.29, 0.717) is 37.0 Å². The molecule has 5 aliphatic heterocycles. The molecule has 0 amide bonds. The molecular weight excluding hydrogens is 827 g/mol. The lowest BCUT2D eigenvalue weighted by Gasteiger charge is -2.61. The first-order chi connectivity index (χ1) is 28.6. The number of nitrogens with zero attached hydrogens (tertiary/aromatic N) is 9. The molecule has 0 atom stereocenters. The second-order valence-electron chi connectivity index (χ2n) is 17.4. The number of benzene rings is 1. The van der Waals surface area contributed by atoms with E-state index < -0.39 is 25.2 Å². The van der Waals surface area contributed by atoms with Gasteiger partial charge in [0.2, 0.25) is 0 Å². The highest BCUT2D eigenvalue weighted by atomic mass is 32.1. The van der Waals surface area contributed by atoms with Gasteiger partial charge in [0.15, 0.2) is 0 Å². The molecule has 5 saturated heterocycles. The lowest BCUT2D eigenvalue weighted by Crippen LogP contribution is -2.73. The molecule has 11 rings (SSSR count). The first kappa shape index (κ1) is 39.5. The maximum atomic E-state index is 12.8. The molecule has 11 nitrogen and oxygen atoms in total. The van der Waals surface area contributed by atoms with E-state index in [9.17, 15) is 26.3 Å². The molecule has 19 heteroatoms. The Bertz CT molecular complexity index is 2620. The van der Waals surface area contributed by atoms with Gasteiger partial charge in [-0.1, -0.05) is 6.07 Å². The molecular formula is C41H40F6N10OS2. The van der Waals surface area contributed by atoms with Crippen LogP contribution in [0.1, 0.15) is 26.6 Å². The van der Waals surface area contributed by atoms with E-state index in [1.165, 1.54) is 23.8 Å². The second kappa shape index (κ2) is 14.5. The Morgan fingerprint density at radius 2 is 1.28 bits per heavy atom. The van der Waals surface area contributed by atoms with Crippen LogP contribution in [-0.2, 0) is 24.1 Å². The Kier molecular flexibility index (Phi) is 9.55. The first-order valence-electron chi connectivity index (χ1n) is 19.8. The molecule has 5 fully saturated rings. The number of anilines is 2. The average Bonchev–Trinajstić information content (AvgIpc) is 3.82. The highest BCUT2D eigenvalue weighted by Crippen LogP contribution is 2.46. The van der Waals surface area contributed by atoms with E-state index in [2.05, 4.69) is 63.6 Å². The number of ether oxygens (including phenoxy) is 1. The number of alkyl halides is 6. The number of H-pyrrole nitrogens is 1. The van der Waals surface area contributed by atoms with Gasteiger partial charge >= 0.3 is 12.4 Å². The van der Waals surface area contributed by atoms with Crippen molar-refractivity contribution in [3.05, 3.63) is 69.6 Å². The number of aromatic nitrogens is 5. The fraction of sp³-hybridized carbons (Fsp3) is 0.488. The van der Waals surface area contributed by atoms with Crippen molar-refractivity contribution < 1.29 is 31.1 Å². The zero-order valence-corrected chi connectivity index (χ0v) is 34.2. The Morgan fingerprint density at radius 3 is 1.77 bits per heavy atom. The lowest BCUT2D eigenvalue weighted by molar-refractivity contribution is -0.127. The maximum Gasteiger partial charge on any atom is 0.393 e. The molecule has 1 N–H and O–H groups in total. The molecule has 2 spiro atoms. The number of hydrogen-bond acceptors (Lipinski definition) is 12. The summed E-state index contributed by atoms with van der Waals surface area (Å²) in [5.41, 5.74) is 4.55. The number of fused-ring (bicyclic) bond motifs is 3. The van der Waals surface area contributed by atoms with Crippen molar-refractivity contribution in [1.29, 1.82) is 5.26 Å². The monoisotopic (exact) mass is 866 g/mol. The topological polar surface area (TPSA) is 113 Å². The van der Waals surface area contributed by atoms with Gasteiger partial charge in [-0.2, -0.15) is 31.6 Å². The lowest BCUT2D eigenvalue weighted by atomic mass is 9.72. The SMILES string of the molecule is Cc1c(CN2CC3(C2)CN(c2ncnc4sc(CC(F)(F)F)cc24)C3)ccc2[nH]c(C#N)cc12.FC(F)(F)Cc1cc2c(N3CC4(CN(CC5COC5)C4)C3)ncnc2s1. The molecule has 5 aliphatic rings. The number of hydrogen-bond donors (Lipinski definition) is 1. The molecule has 314 valence electrons. The van der Waals surface area contributed by atoms with Gasteiger partial charge in [0, 0.05) is 103 Å². The zero-order valence-electron chi connectivity index (χ0n) is 32.5. The largest absolute Gasteiger partial charge is 0.393 e. The van der Waals surface area contributed by atoms with Crippen LogP contribution in [0.4, 0.5) is 38.0 Å². The highest BCUT2D eigenvalue weighted by molar-refractivity contribution is 7.19. The van der Waals surface area contributed by atoms with E-state index >= 15 is 0 Å². The summed E-state index contributed by atoms with van der Waals surface area (Å²) in [5.74, 6) is 2.19. The van der Waals surface area contributed by atoms with Gasteiger partial charge < -0.3 is 24.4 Å². The fourth-order valence-electron chi connectivity index (χ4n) is 9.75. The summed E-state index contributed by atoms with van der Waals surface area (Å²) in [6.45, 7) is 13.5. The Balaban J connectivity index is 0.000000149. The second-order valence-corrected chi connectivity index (χ2v) is 19.6. The number of thiophene rings is 2. The van der Waals surface area contributed by atoms with Crippen LogP contribution in [0.3, 0.4) is 0 Å². The number of halogens is 6. The molecule has 0 radical (unpaired) electrons. The van der Waals surface area contributed by atoms with Crippen LogP contribution in [0, 0.1) is 35.0 Å². The van der Waals surface area contributed by atoms with E-state index in [1.54, 1.807) is 12.1 Å². The van der Waals surface area contributed by atoms with Gasteiger partial charge in [-0.15, -0.1) is 22.7 Å². The molecule has 60 heavy (non-hydrogen) atoms. The van der Waals surface area contributed by atoms with Crippen molar-refractivity contribution in [3.8, 4) is 6.07 Å². The van der Waals surface area contributed by atoms with Gasteiger partial charge in [-0.3, -0.25) is 4.90 Å². The Labute approximate surface area is 348 Å². The van der Waals surface area contributed by atoms with E-state index in [4.69, 9.17) is 10.00 Å². The summed E-state index contributed by atoms with van der Waals surface area (Å²) in [6, 6.07) is 11.4. The number of rotatable bonds is 8. The number of likely N-dealkylation sites (tertiary alicyclic amines) is 2. The van der Waals surface area contributed by atoms with E-state index in [0.717, 1.165) is 129 Å². The molecule has 0 aliphatic carbocycles. The van der Waals surface area contributed by atoms with Crippen molar-refractivity contribution in [2.24, 2.45) is 16.7 Å².